The van der Waals surface area contributed by atoms with Gasteiger partial charge in [-0.2, -0.15) is 0 Å². The van der Waals surface area contributed by atoms with Crippen LogP contribution < -0.4 is 0 Å². The van der Waals surface area contributed by atoms with E-state index in [1.165, 1.54) is 29.2 Å². The van der Waals surface area contributed by atoms with Crippen molar-refractivity contribution in [3.05, 3.63) is 58.7 Å². The van der Waals surface area contributed by atoms with Gasteiger partial charge < -0.3 is 4.74 Å². The molecule has 0 unspecified atom stereocenters. The van der Waals surface area contributed by atoms with Crippen LogP contribution in [0.25, 0.3) is 11.1 Å². The third-order valence-electron chi connectivity index (χ3n) is 3.55. The zero-order valence-electron chi connectivity index (χ0n) is 11.4. The number of hydrogen-bond acceptors (Lipinski definition) is 2. The number of benzene rings is 2. The number of ether oxygens (including phenoxy) is 1. The molecule has 0 heterocycles. The summed E-state index contributed by atoms with van der Waals surface area (Å²) in [5, 5.41) is 0. The first-order valence-corrected chi connectivity index (χ1v) is 6.45. The fourth-order valence-corrected chi connectivity index (χ4v) is 2.75. The molecule has 0 saturated carbocycles. The fourth-order valence-electron chi connectivity index (χ4n) is 2.75. The van der Waals surface area contributed by atoms with Gasteiger partial charge in [-0.15, -0.1) is 0 Å². The predicted octanol–water partition coefficient (Wildman–Crippen LogP) is 3.94. The first kappa shape index (κ1) is 12.0. The Morgan fingerprint density at radius 3 is 1.84 bits per heavy atom. The first-order valence-electron chi connectivity index (χ1n) is 6.45. The normalized spacial score (nSPS) is 13.0. The number of carbonyl (C=O) groups is 1. The van der Waals surface area contributed by atoms with Crippen LogP contribution in [0.1, 0.15) is 35.3 Å². The summed E-state index contributed by atoms with van der Waals surface area (Å²) < 4.78 is 5.54. The second-order valence-electron chi connectivity index (χ2n) is 5.17. The van der Waals surface area contributed by atoms with Crippen LogP contribution in [0.3, 0.4) is 0 Å². The number of aryl methyl sites for hydroxylation is 2. The van der Waals surface area contributed by atoms with E-state index in [0.717, 1.165) is 11.1 Å². The standard InChI is InChI=1S/C17H16O2/c1-10-4-6-13-14-7-5-11(2)9-16(14)17(15(13)8-10)19-12(3)18/h4-9,17H,1-3H3. The van der Waals surface area contributed by atoms with E-state index < -0.39 is 0 Å². The highest BCUT2D eigenvalue weighted by atomic mass is 16.5. The maximum atomic E-state index is 11.4. The third kappa shape index (κ3) is 1.93. The molecule has 0 N–H and O–H groups in total. The molecule has 0 amide bonds. The van der Waals surface area contributed by atoms with Crippen LogP contribution in [0.5, 0.6) is 0 Å². The Kier molecular flexibility index (Phi) is 2.67. The third-order valence-corrected chi connectivity index (χ3v) is 3.55. The minimum atomic E-state index is -0.262. The minimum Gasteiger partial charge on any atom is -0.453 e. The van der Waals surface area contributed by atoms with Gasteiger partial charge in [0.2, 0.25) is 0 Å². The molecule has 0 spiro atoms. The van der Waals surface area contributed by atoms with Crippen molar-refractivity contribution in [2.45, 2.75) is 26.9 Å². The molecular weight excluding hydrogens is 236 g/mol. The lowest BCUT2D eigenvalue weighted by atomic mass is 10.0. The largest absolute Gasteiger partial charge is 0.453 e. The van der Waals surface area contributed by atoms with E-state index in [9.17, 15) is 4.79 Å². The van der Waals surface area contributed by atoms with Crippen molar-refractivity contribution in [3.8, 4) is 11.1 Å². The van der Waals surface area contributed by atoms with Crippen molar-refractivity contribution in [3.63, 3.8) is 0 Å². The molecule has 0 saturated heterocycles. The van der Waals surface area contributed by atoms with Crippen molar-refractivity contribution in [2.24, 2.45) is 0 Å². The summed E-state index contributed by atoms with van der Waals surface area (Å²) in [7, 11) is 0. The quantitative estimate of drug-likeness (QED) is 0.719. The van der Waals surface area contributed by atoms with Gasteiger partial charge in [-0.25, -0.2) is 0 Å². The predicted molar refractivity (Wildman–Crippen MR) is 75.0 cm³/mol. The van der Waals surface area contributed by atoms with E-state index >= 15 is 0 Å². The molecule has 0 bridgehead atoms. The van der Waals surface area contributed by atoms with Gasteiger partial charge in [0.25, 0.3) is 0 Å². The van der Waals surface area contributed by atoms with Gasteiger partial charge in [-0.05, 0) is 25.0 Å². The number of hydrogen-bond donors (Lipinski definition) is 0. The Morgan fingerprint density at radius 2 is 1.42 bits per heavy atom. The molecule has 3 rings (SSSR count). The zero-order valence-corrected chi connectivity index (χ0v) is 11.4. The highest BCUT2D eigenvalue weighted by Crippen LogP contribution is 2.45. The SMILES string of the molecule is CC(=O)OC1c2cc(C)ccc2-c2ccc(C)cc21. The summed E-state index contributed by atoms with van der Waals surface area (Å²) in [4.78, 5) is 11.4. The highest BCUT2D eigenvalue weighted by molar-refractivity contribution is 5.80. The van der Waals surface area contributed by atoms with Gasteiger partial charge in [-0.1, -0.05) is 47.5 Å². The van der Waals surface area contributed by atoms with Gasteiger partial charge in [0.05, 0.1) is 0 Å². The summed E-state index contributed by atoms with van der Waals surface area (Å²) in [6, 6.07) is 12.6. The van der Waals surface area contributed by atoms with Crippen LogP contribution in [-0.2, 0) is 9.53 Å². The second kappa shape index (κ2) is 4.23. The molecule has 2 nitrogen and oxygen atoms in total. The molecule has 0 atom stereocenters. The average Bonchev–Trinajstić information content (AvgIpc) is 2.62. The number of fused-ring (bicyclic) bond motifs is 3. The summed E-state index contributed by atoms with van der Waals surface area (Å²) >= 11 is 0. The van der Waals surface area contributed by atoms with Gasteiger partial charge in [0, 0.05) is 18.1 Å². The lowest BCUT2D eigenvalue weighted by Crippen LogP contribution is -2.07. The summed E-state index contributed by atoms with van der Waals surface area (Å²) in [6.07, 6.45) is -0.262. The molecule has 1 aliphatic rings. The molecule has 0 aromatic heterocycles. The first-order chi connectivity index (χ1) is 9.06. The van der Waals surface area contributed by atoms with Gasteiger partial charge in [0.15, 0.2) is 6.10 Å². The van der Waals surface area contributed by atoms with Crippen LogP contribution in [-0.4, -0.2) is 5.97 Å². The monoisotopic (exact) mass is 252 g/mol. The Bertz CT molecular complexity index is 619. The molecule has 0 aliphatic heterocycles. The van der Waals surface area contributed by atoms with Crippen molar-refractivity contribution >= 4 is 5.97 Å². The minimum absolute atomic E-state index is 0.244. The smallest absolute Gasteiger partial charge is 0.303 e. The number of esters is 1. The van der Waals surface area contributed by atoms with E-state index in [2.05, 4.69) is 50.2 Å². The van der Waals surface area contributed by atoms with Crippen molar-refractivity contribution < 1.29 is 9.53 Å². The Labute approximate surface area is 113 Å². The van der Waals surface area contributed by atoms with Crippen molar-refractivity contribution in [1.29, 1.82) is 0 Å². The van der Waals surface area contributed by atoms with Crippen LogP contribution in [0.2, 0.25) is 0 Å². The molecule has 2 aromatic carbocycles. The molecule has 2 heteroatoms. The summed E-state index contributed by atoms with van der Waals surface area (Å²) in [5.74, 6) is -0.244. The second-order valence-corrected chi connectivity index (χ2v) is 5.17. The number of carbonyl (C=O) groups excluding carboxylic acids is 1. The van der Waals surface area contributed by atoms with E-state index in [0.29, 0.717) is 0 Å². The molecule has 96 valence electrons. The molecule has 0 fully saturated rings. The molecule has 0 radical (unpaired) electrons. The van der Waals surface area contributed by atoms with Crippen LogP contribution in [0.15, 0.2) is 36.4 Å². The lowest BCUT2D eigenvalue weighted by molar-refractivity contribution is -0.144. The Morgan fingerprint density at radius 1 is 0.947 bits per heavy atom. The van der Waals surface area contributed by atoms with Crippen LogP contribution >= 0.6 is 0 Å². The highest BCUT2D eigenvalue weighted by Gasteiger charge is 2.30. The Hall–Kier alpha value is -2.09. The molecule has 1 aliphatic carbocycles. The van der Waals surface area contributed by atoms with Crippen LogP contribution in [0, 0.1) is 13.8 Å². The maximum absolute atomic E-state index is 11.4. The molecule has 2 aromatic rings. The van der Waals surface area contributed by atoms with Gasteiger partial charge >= 0.3 is 5.97 Å². The fraction of sp³-hybridized carbons (Fsp3) is 0.235. The van der Waals surface area contributed by atoms with E-state index in [-0.39, 0.29) is 12.1 Å². The van der Waals surface area contributed by atoms with Gasteiger partial charge in [0.1, 0.15) is 0 Å². The van der Waals surface area contributed by atoms with Gasteiger partial charge in [-0.3, -0.25) is 4.79 Å². The van der Waals surface area contributed by atoms with E-state index in [1.54, 1.807) is 0 Å². The lowest BCUT2D eigenvalue weighted by Gasteiger charge is -2.14. The number of rotatable bonds is 1. The zero-order chi connectivity index (χ0) is 13.6. The van der Waals surface area contributed by atoms with E-state index in [4.69, 9.17) is 4.74 Å². The van der Waals surface area contributed by atoms with E-state index in [1.807, 2.05) is 0 Å². The molecule has 19 heavy (non-hydrogen) atoms. The average molecular weight is 252 g/mol. The van der Waals surface area contributed by atoms with Crippen LogP contribution in [0.4, 0.5) is 0 Å². The van der Waals surface area contributed by atoms with Crippen molar-refractivity contribution in [2.75, 3.05) is 0 Å². The summed E-state index contributed by atoms with van der Waals surface area (Å²) in [6.45, 7) is 5.57. The maximum Gasteiger partial charge on any atom is 0.303 e. The topological polar surface area (TPSA) is 26.3 Å². The molecular formula is C17H16O2. The summed E-state index contributed by atoms with van der Waals surface area (Å²) in [5.41, 5.74) is 6.89. The Balaban J connectivity index is 2.22. The van der Waals surface area contributed by atoms with Crippen molar-refractivity contribution in [1.82, 2.24) is 0 Å².